The van der Waals surface area contributed by atoms with Gasteiger partial charge in [0.2, 0.25) is 5.75 Å². The zero-order valence-corrected chi connectivity index (χ0v) is 18.6. The normalized spacial score (nSPS) is 15.3. The first-order valence-corrected chi connectivity index (χ1v) is 10.8. The van der Waals surface area contributed by atoms with E-state index in [1.807, 2.05) is 0 Å². The first kappa shape index (κ1) is 22.0. The van der Waals surface area contributed by atoms with Crippen LogP contribution in [0.3, 0.4) is 0 Å². The average molecular weight is 433 g/mol. The third-order valence-electron chi connectivity index (χ3n) is 5.46. The minimum Gasteiger partial charge on any atom is -0.493 e. The molecule has 162 valence electrons. The number of thiophene rings is 1. The van der Waals surface area contributed by atoms with Crippen LogP contribution in [0.2, 0.25) is 0 Å². The van der Waals surface area contributed by atoms with Crippen molar-refractivity contribution < 1.29 is 23.8 Å². The summed E-state index contributed by atoms with van der Waals surface area (Å²) in [6, 6.07) is 3.15. The molecule has 0 saturated carbocycles. The summed E-state index contributed by atoms with van der Waals surface area (Å²) < 4.78 is 16.0. The second-order valence-electron chi connectivity index (χ2n) is 7.34. The lowest BCUT2D eigenvalue weighted by Crippen LogP contribution is -2.20. The number of methoxy groups -OCH3 is 3. The van der Waals surface area contributed by atoms with E-state index < -0.39 is 5.91 Å². The van der Waals surface area contributed by atoms with Crippen LogP contribution in [-0.2, 0) is 12.8 Å². The van der Waals surface area contributed by atoms with E-state index in [4.69, 9.17) is 19.9 Å². The number of rotatable bonds is 8. The molecule has 1 heterocycles. The third-order valence-corrected chi connectivity index (χ3v) is 6.63. The SMILES string of the molecule is CCC[C@H]1CCc2c(sc(NC(=O)c3cc(OC)c(OC)c(OC)c3)c2C(N)=O)C1. The smallest absolute Gasteiger partial charge is 0.256 e. The Kier molecular flexibility index (Phi) is 6.87. The van der Waals surface area contributed by atoms with E-state index in [0.717, 1.165) is 42.5 Å². The number of carbonyl (C=O) groups excluding carboxylic acids is 2. The van der Waals surface area contributed by atoms with E-state index in [1.54, 1.807) is 12.1 Å². The molecule has 0 radical (unpaired) electrons. The molecule has 2 aromatic rings. The molecule has 30 heavy (non-hydrogen) atoms. The zero-order valence-electron chi connectivity index (χ0n) is 17.8. The van der Waals surface area contributed by atoms with Gasteiger partial charge in [-0.2, -0.15) is 0 Å². The predicted octanol–water partition coefficient (Wildman–Crippen LogP) is 4.03. The molecule has 1 atom stereocenters. The summed E-state index contributed by atoms with van der Waals surface area (Å²) in [5.41, 5.74) is 7.43. The molecule has 0 unspecified atom stereocenters. The number of hydrogen-bond donors (Lipinski definition) is 2. The minimum atomic E-state index is -0.512. The van der Waals surface area contributed by atoms with Gasteiger partial charge in [-0.3, -0.25) is 9.59 Å². The lowest BCUT2D eigenvalue weighted by atomic mass is 9.84. The zero-order chi connectivity index (χ0) is 21.8. The van der Waals surface area contributed by atoms with Gasteiger partial charge in [-0.25, -0.2) is 0 Å². The Morgan fingerprint density at radius 3 is 2.37 bits per heavy atom. The topological polar surface area (TPSA) is 99.9 Å². The van der Waals surface area contributed by atoms with Gasteiger partial charge in [0.05, 0.1) is 26.9 Å². The van der Waals surface area contributed by atoms with Gasteiger partial charge >= 0.3 is 0 Å². The van der Waals surface area contributed by atoms with E-state index in [-0.39, 0.29) is 5.91 Å². The summed E-state index contributed by atoms with van der Waals surface area (Å²) >= 11 is 1.45. The second-order valence-corrected chi connectivity index (χ2v) is 8.44. The quantitative estimate of drug-likeness (QED) is 0.656. The molecular weight excluding hydrogens is 404 g/mol. The molecule has 3 N–H and O–H groups in total. The highest BCUT2D eigenvalue weighted by Gasteiger charge is 2.29. The summed E-state index contributed by atoms with van der Waals surface area (Å²) in [6.45, 7) is 2.18. The molecule has 1 aromatic heterocycles. The van der Waals surface area contributed by atoms with Gasteiger partial charge in [0.15, 0.2) is 11.5 Å². The molecular formula is C22H28N2O5S. The number of nitrogens with two attached hydrogens (primary N) is 1. The van der Waals surface area contributed by atoms with Crippen molar-refractivity contribution in [2.24, 2.45) is 11.7 Å². The Balaban J connectivity index is 1.93. The number of anilines is 1. The maximum Gasteiger partial charge on any atom is 0.256 e. The van der Waals surface area contributed by atoms with Crippen LogP contribution in [0.5, 0.6) is 17.2 Å². The lowest BCUT2D eigenvalue weighted by Gasteiger charge is -2.21. The van der Waals surface area contributed by atoms with E-state index >= 15 is 0 Å². The number of amides is 2. The fourth-order valence-electron chi connectivity index (χ4n) is 4.05. The van der Waals surface area contributed by atoms with Crippen molar-refractivity contribution in [2.75, 3.05) is 26.6 Å². The van der Waals surface area contributed by atoms with Crippen LogP contribution in [0.25, 0.3) is 0 Å². The summed E-state index contributed by atoms with van der Waals surface area (Å²) in [6.07, 6.45) is 5.08. The molecule has 1 aromatic carbocycles. The summed E-state index contributed by atoms with van der Waals surface area (Å²) in [4.78, 5) is 26.3. The largest absolute Gasteiger partial charge is 0.493 e. The lowest BCUT2D eigenvalue weighted by molar-refractivity contribution is 0.1000. The van der Waals surface area contributed by atoms with Gasteiger partial charge in [0.1, 0.15) is 5.00 Å². The van der Waals surface area contributed by atoms with Crippen LogP contribution < -0.4 is 25.3 Å². The van der Waals surface area contributed by atoms with Crippen LogP contribution in [0.4, 0.5) is 5.00 Å². The highest BCUT2D eigenvalue weighted by atomic mass is 32.1. The minimum absolute atomic E-state index is 0.329. The molecule has 0 bridgehead atoms. The highest BCUT2D eigenvalue weighted by molar-refractivity contribution is 7.17. The van der Waals surface area contributed by atoms with Crippen molar-refractivity contribution in [3.63, 3.8) is 0 Å². The van der Waals surface area contributed by atoms with E-state index in [1.165, 1.54) is 32.7 Å². The standard InChI is InChI=1S/C22H28N2O5S/c1-5-6-12-7-8-14-17(9-12)30-22(18(14)20(23)25)24-21(26)13-10-15(27-2)19(29-4)16(11-13)28-3/h10-12H,5-9H2,1-4H3,(H2,23,25)(H,24,26)/t12-/m0/s1. The first-order valence-electron chi connectivity index (χ1n) is 9.99. The Bertz CT molecular complexity index is 928. The molecule has 8 heteroatoms. The predicted molar refractivity (Wildman–Crippen MR) is 117 cm³/mol. The fourth-order valence-corrected chi connectivity index (χ4v) is 5.41. The second kappa shape index (κ2) is 9.38. The molecule has 7 nitrogen and oxygen atoms in total. The number of fused-ring (bicyclic) bond motifs is 1. The van der Waals surface area contributed by atoms with Gasteiger partial charge in [-0.05, 0) is 42.9 Å². The fraction of sp³-hybridized carbons (Fsp3) is 0.455. The van der Waals surface area contributed by atoms with E-state index in [2.05, 4.69) is 12.2 Å². The Morgan fingerprint density at radius 1 is 1.17 bits per heavy atom. The number of hydrogen-bond acceptors (Lipinski definition) is 6. The number of benzene rings is 1. The van der Waals surface area contributed by atoms with Crippen molar-refractivity contribution in [3.8, 4) is 17.2 Å². The number of primary amides is 1. The number of carbonyl (C=O) groups is 2. The van der Waals surface area contributed by atoms with Crippen LogP contribution >= 0.6 is 11.3 Å². The van der Waals surface area contributed by atoms with Crippen LogP contribution in [0, 0.1) is 5.92 Å². The molecule has 1 aliphatic rings. The van der Waals surface area contributed by atoms with Crippen molar-refractivity contribution >= 4 is 28.2 Å². The maximum atomic E-state index is 13.0. The molecule has 0 fully saturated rings. The molecule has 2 amide bonds. The Morgan fingerprint density at radius 2 is 1.83 bits per heavy atom. The Labute approximate surface area is 180 Å². The van der Waals surface area contributed by atoms with Gasteiger partial charge in [0, 0.05) is 10.4 Å². The van der Waals surface area contributed by atoms with Gasteiger partial charge in [-0.1, -0.05) is 19.8 Å². The summed E-state index contributed by atoms with van der Waals surface area (Å²) in [7, 11) is 4.48. The number of nitrogens with one attached hydrogen (secondary N) is 1. The molecule has 0 saturated heterocycles. The van der Waals surface area contributed by atoms with Crippen molar-refractivity contribution in [2.45, 2.75) is 39.0 Å². The number of ether oxygens (including phenoxy) is 3. The van der Waals surface area contributed by atoms with Crippen molar-refractivity contribution in [3.05, 3.63) is 33.7 Å². The molecule has 1 aliphatic carbocycles. The van der Waals surface area contributed by atoms with Crippen LogP contribution in [0.15, 0.2) is 12.1 Å². The highest BCUT2D eigenvalue weighted by Crippen LogP contribution is 2.42. The maximum absolute atomic E-state index is 13.0. The van der Waals surface area contributed by atoms with Crippen molar-refractivity contribution in [1.29, 1.82) is 0 Å². The van der Waals surface area contributed by atoms with Gasteiger partial charge in [0.25, 0.3) is 11.8 Å². The van der Waals surface area contributed by atoms with Gasteiger partial charge in [-0.15, -0.1) is 11.3 Å². The summed E-state index contributed by atoms with van der Waals surface area (Å²) in [5.74, 6) is 0.889. The van der Waals surface area contributed by atoms with E-state index in [9.17, 15) is 9.59 Å². The van der Waals surface area contributed by atoms with Crippen LogP contribution in [0.1, 0.15) is 57.3 Å². The third kappa shape index (κ3) is 4.23. The van der Waals surface area contributed by atoms with E-state index in [0.29, 0.717) is 39.3 Å². The molecule has 0 aliphatic heterocycles. The molecule has 0 spiro atoms. The van der Waals surface area contributed by atoms with Crippen molar-refractivity contribution in [1.82, 2.24) is 0 Å². The average Bonchev–Trinajstić information content (AvgIpc) is 3.09. The first-order chi connectivity index (χ1) is 14.4. The molecule has 3 rings (SSSR count). The monoisotopic (exact) mass is 432 g/mol. The van der Waals surface area contributed by atoms with Crippen LogP contribution in [-0.4, -0.2) is 33.1 Å². The van der Waals surface area contributed by atoms with Gasteiger partial charge < -0.3 is 25.3 Å². The Hall–Kier alpha value is -2.74. The summed E-state index contributed by atoms with van der Waals surface area (Å²) in [5, 5.41) is 3.38.